The van der Waals surface area contributed by atoms with Crippen LogP contribution in [0.25, 0.3) is 6.08 Å². The first-order valence-corrected chi connectivity index (χ1v) is 9.19. The van der Waals surface area contributed by atoms with Gasteiger partial charge in [-0.1, -0.05) is 54.3 Å². The number of aryl methyl sites for hydroxylation is 1. The van der Waals surface area contributed by atoms with E-state index in [-0.39, 0.29) is 5.91 Å². The van der Waals surface area contributed by atoms with Gasteiger partial charge in [0.2, 0.25) is 0 Å². The van der Waals surface area contributed by atoms with E-state index >= 15 is 0 Å². The predicted octanol–water partition coefficient (Wildman–Crippen LogP) is 4.37. The minimum Gasteiger partial charge on any atom is -0.344 e. The average molecular weight is 357 g/mol. The SMILES string of the molecule is CCN1C(=O)C(=Cc2cc(C)n(Cc3ccccc3)c2C)SC1=S. The highest BCUT2D eigenvalue weighted by molar-refractivity contribution is 8.26. The van der Waals surface area contributed by atoms with E-state index in [9.17, 15) is 4.79 Å². The maximum Gasteiger partial charge on any atom is 0.266 e. The van der Waals surface area contributed by atoms with E-state index in [4.69, 9.17) is 12.2 Å². The summed E-state index contributed by atoms with van der Waals surface area (Å²) in [5.41, 5.74) is 4.70. The molecular weight excluding hydrogens is 336 g/mol. The number of thiocarbonyl (C=S) groups is 1. The van der Waals surface area contributed by atoms with Gasteiger partial charge in [0.15, 0.2) is 0 Å². The molecule has 1 aliphatic rings. The quantitative estimate of drug-likeness (QED) is 0.601. The Hall–Kier alpha value is -1.85. The summed E-state index contributed by atoms with van der Waals surface area (Å²) in [5, 5.41) is 0. The van der Waals surface area contributed by atoms with Crippen molar-refractivity contribution in [3.05, 3.63) is 63.8 Å². The number of nitrogens with zero attached hydrogens (tertiary/aromatic N) is 2. The number of likely N-dealkylation sites (N-methyl/N-ethyl adjacent to an activating group) is 1. The molecule has 0 bridgehead atoms. The number of hydrogen-bond acceptors (Lipinski definition) is 3. The van der Waals surface area contributed by atoms with Crippen LogP contribution < -0.4 is 0 Å². The highest BCUT2D eigenvalue weighted by Gasteiger charge is 2.30. The lowest BCUT2D eigenvalue weighted by molar-refractivity contribution is -0.121. The zero-order valence-corrected chi connectivity index (χ0v) is 15.7. The van der Waals surface area contributed by atoms with E-state index in [2.05, 4.69) is 48.7 Å². The number of benzene rings is 1. The molecule has 0 N–H and O–H groups in total. The first kappa shape index (κ1) is 17.0. The first-order valence-electron chi connectivity index (χ1n) is 7.97. The molecule has 2 heterocycles. The van der Waals surface area contributed by atoms with Crippen molar-refractivity contribution >= 4 is 40.3 Å². The monoisotopic (exact) mass is 356 g/mol. The lowest BCUT2D eigenvalue weighted by atomic mass is 10.2. The fourth-order valence-electron chi connectivity index (χ4n) is 2.90. The number of carbonyl (C=O) groups is 1. The van der Waals surface area contributed by atoms with Crippen LogP contribution in [0, 0.1) is 13.8 Å². The van der Waals surface area contributed by atoms with Crippen molar-refractivity contribution in [2.75, 3.05) is 6.54 Å². The number of amides is 1. The van der Waals surface area contributed by atoms with Gasteiger partial charge < -0.3 is 4.57 Å². The fourth-order valence-corrected chi connectivity index (χ4v) is 4.27. The van der Waals surface area contributed by atoms with Gasteiger partial charge in [-0.15, -0.1) is 0 Å². The molecule has 0 saturated carbocycles. The summed E-state index contributed by atoms with van der Waals surface area (Å²) in [6, 6.07) is 12.5. The predicted molar refractivity (Wildman–Crippen MR) is 105 cm³/mol. The molecule has 0 unspecified atom stereocenters. The molecule has 0 spiro atoms. The topological polar surface area (TPSA) is 25.2 Å². The van der Waals surface area contributed by atoms with E-state index in [1.54, 1.807) is 4.90 Å². The van der Waals surface area contributed by atoms with Crippen LogP contribution in [0.5, 0.6) is 0 Å². The van der Waals surface area contributed by atoms with Gasteiger partial charge in [0.25, 0.3) is 5.91 Å². The fraction of sp³-hybridized carbons (Fsp3) is 0.263. The molecule has 3 rings (SSSR count). The Labute approximate surface area is 152 Å². The molecule has 3 nitrogen and oxygen atoms in total. The van der Waals surface area contributed by atoms with Crippen LogP contribution in [-0.4, -0.2) is 26.2 Å². The summed E-state index contributed by atoms with van der Waals surface area (Å²) in [7, 11) is 0. The summed E-state index contributed by atoms with van der Waals surface area (Å²) in [5.74, 6) is 0.0142. The Morgan fingerprint density at radius 1 is 1.21 bits per heavy atom. The lowest BCUT2D eigenvalue weighted by Gasteiger charge is -2.10. The highest BCUT2D eigenvalue weighted by atomic mass is 32.2. The number of rotatable bonds is 4. The Bertz CT molecular complexity index is 821. The Morgan fingerprint density at radius 2 is 1.92 bits per heavy atom. The molecule has 0 radical (unpaired) electrons. The van der Waals surface area contributed by atoms with E-state index < -0.39 is 0 Å². The van der Waals surface area contributed by atoms with Crippen molar-refractivity contribution in [1.29, 1.82) is 0 Å². The van der Waals surface area contributed by atoms with Gasteiger partial charge in [0.1, 0.15) is 4.32 Å². The summed E-state index contributed by atoms with van der Waals surface area (Å²) in [6.45, 7) is 7.60. The summed E-state index contributed by atoms with van der Waals surface area (Å²) >= 11 is 6.67. The Kier molecular flexibility index (Phi) is 4.92. The molecular formula is C19H20N2OS2. The van der Waals surface area contributed by atoms with Crippen molar-refractivity contribution in [1.82, 2.24) is 9.47 Å². The van der Waals surface area contributed by atoms with Crippen molar-refractivity contribution < 1.29 is 4.79 Å². The smallest absolute Gasteiger partial charge is 0.266 e. The molecule has 2 aromatic rings. The van der Waals surface area contributed by atoms with Crippen LogP contribution in [0.3, 0.4) is 0 Å². The van der Waals surface area contributed by atoms with E-state index in [1.807, 2.05) is 19.1 Å². The molecule has 0 atom stereocenters. The average Bonchev–Trinajstić information content (AvgIpc) is 2.99. The summed E-state index contributed by atoms with van der Waals surface area (Å²) < 4.78 is 2.92. The molecule has 1 aromatic carbocycles. The van der Waals surface area contributed by atoms with E-state index in [0.29, 0.717) is 15.8 Å². The second-order valence-corrected chi connectivity index (χ2v) is 7.50. The van der Waals surface area contributed by atoms with Crippen molar-refractivity contribution in [3.63, 3.8) is 0 Å². The van der Waals surface area contributed by atoms with Gasteiger partial charge >= 0.3 is 0 Å². The second kappa shape index (κ2) is 6.95. The number of thioether (sulfide) groups is 1. The van der Waals surface area contributed by atoms with Gasteiger partial charge in [-0.05, 0) is 44.0 Å². The molecule has 1 fully saturated rings. The van der Waals surface area contributed by atoms with E-state index in [1.165, 1.54) is 23.0 Å². The maximum absolute atomic E-state index is 12.4. The molecule has 5 heteroatoms. The third-order valence-corrected chi connectivity index (χ3v) is 5.65. The Morgan fingerprint density at radius 3 is 2.54 bits per heavy atom. The molecule has 1 aliphatic heterocycles. The van der Waals surface area contributed by atoms with Gasteiger partial charge in [-0.25, -0.2) is 0 Å². The first-order chi connectivity index (χ1) is 11.5. The van der Waals surface area contributed by atoms with Gasteiger partial charge in [-0.3, -0.25) is 9.69 Å². The third kappa shape index (κ3) is 3.19. The number of carbonyl (C=O) groups excluding carboxylic acids is 1. The molecule has 124 valence electrons. The summed E-state index contributed by atoms with van der Waals surface area (Å²) in [4.78, 5) is 14.7. The highest BCUT2D eigenvalue weighted by Crippen LogP contribution is 2.33. The largest absolute Gasteiger partial charge is 0.344 e. The minimum atomic E-state index is 0.0142. The number of hydrogen-bond donors (Lipinski definition) is 0. The molecule has 1 aromatic heterocycles. The number of aromatic nitrogens is 1. The van der Waals surface area contributed by atoms with Gasteiger partial charge in [0, 0.05) is 24.5 Å². The molecule has 0 aliphatic carbocycles. The second-order valence-electron chi connectivity index (χ2n) is 5.82. The van der Waals surface area contributed by atoms with Crippen molar-refractivity contribution in [2.45, 2.75) is 27.3 Å². The molecule has 24 heavy (non-hydrogen) atoms. The zero-order chi connectivity index (χ0) is 17.3. The lowest BCUT2D eigenvalue weighted by Crippen LogP contribution is -2.27. The van der Waals surface area contributed by atoms with Crippen molar-refractivity contribution in [3.8, 4) is 0 Å². The van der Waals surface area contributed by atoms with Crippen LogP contribution in [0.1, 0.15) is 29.4 Å². The Balaban J connectivity index is 1.91. The standard InChI is InChI=1S/C19H20N2OS2/c1-4-20-18(22)17(24-19(20)23)11-16-10-13(2)21(14(16)3)12-15-8-6-5-7-9-15/h5-11H,4,12H2,1-3H3. The molecule has 1 saturated heterocycles. The van der Waals surface area contributed by atoms with Crippen LogP contribution >= 0.6 is 24.0 Å². The maximum atomic E-state index is 12.4. The van der Waals surface area contributed by atoms with E-state index in [0.717, 1.165) is 17.8 Å². The van der Waals surface area contributed by atoms with Crippen LogP contribution in [0.4, 0.5) is 0 Å². The van der Waals surface area contributed by atoms with Crippen LogP contribution in [0.15, 0.2) is 41.3 Å². The van der Waals surface area contributed by atoms with Crippen LogP contribution in [0.2, 0.25) is 0 Å². The van der Waals surface area contributed by atoms with Crippen molar-refractivity contribution in [2.24, 2.45) is 0 Å². The minimum absolute atomic E-state index is 0.0142. The third-order valence-electron chi connectivity index (χ3n) is 4.27. The van der Waals surface area contributed by atoms with Crippen LogP contribution in [-0.2, 0) is 11.3 Å². The molecule has 1 amide bonds. The normalized spacial score (nSPS) is 16.5. The zero-order valence-electron chi connectivity index (χ0n) is 14.1. The van der Waals surface area contributed by atoms with Gasteiger partial charge in [-0.2, -0.15) is 0 Å². The summed E-state index contributed by atoms with van der Waals surface area (Å²) in [6.07, 6.45) is 1.97. The van der Waals surface area contributed by atoms with Gasteiger partial charge in [0.05, 0.1) is 4.91 Å².